The number of nitrogens with zero attached hydrogens (tertiary/aromatic N) is 2. The largest absolute Gasteiger partial charge is 0.465 e. The van der Waals surface area contributed by atoms with Crippen LogP contribution in [0.15, 0.2) is 16.9 Å². The highest BCUT2D eigenvalue weighted by Gasteiger charge is 2.33. The average molecular weight is 334 g/mol. The van der Waals surface area contributed by atoms with Gasteiger partial charge in [0, 0.05) is 10.9 Å². The van der Waals surface area contributed by atoms with Gasteiger partial charge in [-0.05, 0) is 25.8 Å². The first kappa shape index (κ1) is 15.3. The number of anilines is 1. The van der Waals surface area contributed by atoms with Crippen molar-refractivity contribution >= 4 is 28.3 Å². The zero-order valence-corrected chi connectivity index (χ0v) is 13.1. The van der Waals surface area contributed by atoms with E-state index in [-0.39, 0.29) is 23.1 Å². The number of ether oxygens (including phenoxy) is 1. The molecular formula is C14H14N4O4S. The molecule has 0 fully saturated rings. The molecule has 8 nitrogen and oxygen atoms in total. The van der Waals surface area contributed by atoms with Gasteiger partial charge in [-0.3, -0.25) is 19.7 Å². The molecular weight excluding hydrogens is 320 g/mol. The summed E-state index contributed by atoms with van der Waals surface area (Å²) in [6, 6.07) is 2.55. The van der Waals surface area contributed by atoms with E-state index in [1.165, 1.54) is 23.5 Å². The van der Waals surface area contributed by atoms with E-state index in [1.807, 2.05) is 0 Å². The Balaban J connectivity index is 1.75. The van der Waals surface area contributed by atoms with Gasteiger partial charge in [-0.1, -0.05) is 0 Å². The van der Waals surface area contributed by atoms with Crippen LogP contribution >= 0.6 is 11.3 Å². The molecule has 2 aromatic heterocycles. The number of hydrogen-bond acceptors (Lipinski definition) is 7. The van der Waals surface area contributed by atoms with Crippen LogP contribution in [0.3, 0.4) is 0 Å². The average Bonchev–Trinajstić information content (AvgIpc) is 3.07. The number of fused-ring (bicyclic) bond motifs is 1. The van der Waals surface area contributed by atoms with Gasteiger partial charge in [0.05, 0.1) is 12.3 Å². The number of aromatic amines is 1. The lowest BCUT2D eigenvalue weighted by Gasteiger charge is -2.07. The van der Waals surface area contributed by atoms with Crippen molar-refractivity contribution in [2.24, 2.45) is 0 Å². The van der Waals surface area contributed by atoms with E-state index in [9.17, 15) is 14.4 Å². The third-order valence-electron chi connectivity index (χ3n) is 3.42. The van der Waals surface area contributed by atoms with Crippen LogP contribution in [0.2, 0.25) is 0 Å². The van der Waals surface area contributed by atoms with E-state index in [4.69, 9.17) is 4.74 Å². The minimum atomic E-state index is -0.471. The second-order valence-corrected chi connectivity index (χ2v) is 6.01. The van der Waals surface area contributed by atoms with Crippen LogP contribution in [-0.2, 0) is 16.0 Å². The number of rotatable bonds is 4. The molecule has 0 spiro atoms. The molecule has 0 aromatic carbocycles. The molecule has 2 N–H and O–H groups in total. The molecule has 1 amide bonds. The fourth-order valence-corrected chi connectivity index (χ4v) is 3.42. The van der Waals surface area contributed by atoms with E-state index in [0.29, 0.717) is 23.9 Å². The zero-order valence-electron chi connectivity index (χ0n) is 12.3. The molecule has 0 saturated heterocycles. The Morgan fingerprint density at radius 1 is 1.48 bits per heavy atom. The minimum Gasteiger partial charge on any atom is -0.465 e. The van der Waals surface area contributed by atoms with Crippen molar-refractivity contribution in [3.05, 3.63) is 38.8 Å². The highest BCUT2D eigenvalue weighted by Crippen LogP contribution is 2.38. The van der Waals surface area contributed by atoms with Gasteiger partial charge >= 0.3 is 5.97 Å². The quantitative estimate of drug-likeness (QED) is 0.809. The predicted molar refractivity (Wildman–Crippen MR) is 82.6 cm³/mol. The van der Waals surface area contributed by atoms with Crippen molar-refractivity contribution in [2.45, 2.75) is 25.7 Å². The number of carbonyl (C=O) groups excluding carboxylic acids is 2. The summed E-state index contributed by atoms with van der Waals surface area (Å²) in [6.45, 7) is 2.09. The number of amides is 1. The molecule has 0 bridgehead atoms. The number of thiazole rings is 1. The number of hydrogen-bond donors (Lipinski definition) is 2. The molecule has 1 aliphatic carbocycles. The Morgan fingerprint density at radius 3 is 3.00 bits per heavy atom. The molecule has 0 unspecified atom stereocenters. The van der Waals surface area contributed by atoms with Crippen LogP contribution in [-0.4, -0.2) is 33.7 Å². The van der Waals surface area contributed by atoms with Gasteiger partial charge in [-0.15, -0.1) is 11.3 Å². The van der Waals surface area contributed by atoms with Crippen molar-refractivity contribution in [3.63, 3.8) is 0 Å². The Labute approximate surface area is 134 Å². The Kier molecular flexibility index (Phi) is 4.20. The number of carbonyl (C=O) groups is 2. The van der Waals surface area contributed by atoms with Gasteiger partial charge in [0.15, 0.2) is 5.13 Å². The monoisotopic (exact) mass is 334 g/mol. The van der Waals surface area contributed by atoms with Crippen LogP contribution in [0.1, 0.15) is 40.3 Å². The first-order valence-corrected chi connectivity index (χ1v) is 7.93. The summed E-state index contributed by atoms with van der Waals surface area (Å²) in [5.74, 6) is -1.11. The van der Waals surface area contributed by atoms with Crippen molar-refractivity contribution in [3.8, 4) is 0 Å². The lowest BCUT2D eigenvalue weighted by Crippen LogP contribution is -2.18. The van der Waals surface area contributed by atoms with Crippen LogP contribution in [0.5, 0.6) is 0 Å². The second-order valence-electron chi connectivity index (χ2n) is 4.93. The normalized spacial score (nSPS) is 16.0. The number of esters is 1. The summed E-state index contributed by atoms with van der Waals surface area (Å²) in [5, 5.41) is 8.89. The zero-order chi connectivity index (χ0) is 16.4. The summed E-state index contributed by atoms with van der Waals surface area (Å²) >= 11 is 1.34. The Bertz CT molecular complexity index is 793. The first-order chi connectivity index (χ1) is 11.1. The fourth-order valence-electron chi connectivity index (χ4n) is 2.38. The van der Waals surface area contributed by atoms with Crippen molar-refractivity contribution < 1.29 is 14.3 Å². The first-order valence-electron chi connectivity index (χ1n) is 7.11. The Morgan fingerprint density at radius 2 is 2.30 bits per heavy atom. The Hall–Kier alpha value is -2.55. The molecule has 0 saturated carbocycles. The van der Waals surface area contributed by atoms with Gasteiger partial charge in [-0.2, -0.15) is 5.10 Å². The van der Waals surface area contributed by atoms with Crippen molar-refractivity contribution in [1.29, 1.82) is 0 Å². The summed E-state index contributed by atoms with van der Waals surface area (Å²) in [6.07, 6.45) is 1.42. The van der Waals surface area contributed by atoms with Crippen LogP contribution in [0.4, 0.5) is 5.13 Å². The van der Waals surface area contributed by atoms with Gasteiger partial charge in [0.1, 0.15) is 11.6 Å². The SMILES string of the molecule is CCOC(=O)[C@H]1CCc2sc(NC(=O)c3ccc(=O)[nH]n3)nc21. The van der Waals surface area contributed by atoms with E-state index < -0.39 is 5.91 Å². The molecule has 0 radical (unpaired) electrons. The van der Waals surface area contributed by atoms with Crippen LogP contribution in [0.25, 0.3) is 0 Å². The third kappa shape index (κ3) is 3.14. The topological polar surface area (TPSA) is 114 Å². The number of aryl methyl sites for hydroxylation is 1. The van der Waals surface area contributed by atoms with E-state index in [0.717, 1.165) is 11.3 Å². The molecule has 3 rings (SSSR count). The number of H-pyrrole nitrogens is 1. The second kappa shape index (κ2) is 6.29. The molecule has 0 aliphatic heterocycles. The maximum Gasteiger partial charge on any atom is 0.315 e. The summed E-state index contributed by atoms with van der Waals surface area (Å²) in [7, 11) is 0. The van der Waals surface area contributed by atoms with Crippen molar-refractivity contribution in [2.75, 3.05) is 11.9 Å². The fraction of sp³-hybridized carbons (Fsp3) is 0.357. The van der Waals surface area contributed by atoms with E-state index in [2.05, 4.69) is 20.5 Å². The molecule has 9 heteroatoms. The molecule has 1 aliphatic rings. The van der Waals surface area contributed by atoms with Gasteiger partial charge in [0.2, 0.25) is 0 Å². The lowest BCUT2D eigenvalue weighted by atomic mass is 10.1. The standard InChI is InChI=1S/C14H14N4O4S/c1-2-22-13(21)7-3-5-9-11(7)15-14(23-9)16-12(20)8-4-6-10(19)18-17-8/h4,6-7H,2-3,5H2,1H3,(H,18,19)(H,15,16,20)/t7-/m0/s1. The van der Waals surface area contributed by atoms with E-state index in [1.54, 1.807) is 6.92 Å². The molecule has 1 atom stereocenters. The van der Waals surface area contributed by atoms with E-state index >= 15 is 0 Å². The van der Waals surface area contributed by atoms with Gasteiger partial charge in [0.25, 0.3) is 11.5 Å². The van der Waals surface area contributed by atoms with Crippen molar-refractivity contribution in [1.82, 2.24) is 15.2 Å². The minimum absolute atomic E-state index is 0.0851. The molecule has 23 heavy (non-hydrogen) atoms. The summed E-state index contributed by atoms with van der Waals surface area (Å²) in [4.78, 5) is 40.2. The number of nitrogens with one attached hydrogen (secondary N) is 2. The summed E-state index contributed by atoms with van der Waals surface area (Å²) < 4.78 is 5.05. The van der Waals surface area contributed by atoms with Gasteiger partial charge in [-0.25, -0.2) is 10.1 Å². The highest BCUT2D eigenvalue weighted by molar-refractivity contribution is 7.16. The molecule has 120 valence electrons. The molecule has 2 heterocycles. The predicted octanol–water partition coefficient (Wildman–Crippen LogP) is 1.07. The smallest absolute Gasteiger partial charge is 0.315 e. The summed E-state index contributed by atoms with van der Waals surface area (Å²) in [5.41, 5.74) is 0.382. The maximum absolute atomic E-state index is 12.0. The molecule has 2 aromatic rings. The maximum atomic E-state index is 12.0. The van der Waals surface area contributed by atoms with Gasteiger partial charge < -0.3 is 4.74 Å². The third-order valence-corrected chi connectivity index (χ3v) is 4.47. The van der Waals surface area contributed by atoms with Crippen LogP contribution in [0, 0.1) is 0 Å². The highest BCUT2D eigenvalue weighted by atomic mass is 32.1. The number of aromatic nitrogens is 3. The van der Waals surface area contributed by atoms with Crippen LogP contribution < -0.4 is 10.9 Å². The lowest BCUT2D eigenvalue weighted by molar-refractivity contribution is -0.145.